The molecule has 4 heteroatoms. The van der Waals surface area contributed by atoms with Gasteiger partial charge in [0.2, 0.25) is 5.89 Å². The van der Waals surface area contributed by atoms with Gasteiger partial charge < -0.3 is 13.9 Å². The van der Waals surface area contributed by atoms with Crippen LogP contribution in [0.25, 0.3) is 93.8 Å². The minimum absolute atomic E-state index is 0.616. The molecule has 0 unspecified atom stereocenters. The number of hydrogen-bond acceptors (Lipinski definition) is 3. The largest absolute Gasteiger partial charge is 0.435 e. The van der Waals surface area contributed by atoms with Crippen LogP contribution in [0.2, 0.25) is 0 Å². The lowest BCUT2D eigenvalue weighted by Crippen LogP contribution is -2.13. The lowest BCUT2D eigenvalue weighted by molar-refractivity contribution is 0.623. The Bertz CT molecular complexity index is 3590. The molecular formula is C57H37N3O. The summed E-state index contributed by atoms with van der Waals surface area (Å²) < 4.78 is 9.12. The molecule has 0 saturated heterocycles. The van der Waals surface area contributed by atoms with E-state index in [0.717, 1.165) is 83.1 Å². The van der Waals surface area contributed by atoms with Gasteiger partial charge in [-0.2, -0.15) is 0 Å². The van der Waals surface area contributed by atoms with Crippen LogP contribution in [0.4, 0.5) is 17.1 Å². The van der Waals surface area contributed by atoms with Crippen LogP contribution in [-0.2, 0) is 0 Å². The third-order valence-corrected chi connectivity index (χ3v) is 12.0. The van der Waals surface area contributed by atoms with Crippen molar-refractivity contribution < 1.29 is 4.42 Å². The minimum Gasteiger partial charge on any atom is -0.435 e. The molecule has 0 aliphatic carbocycles. The lowest BCUT2D eigenvalue weighted by atomic mass is 9.96. The molecule has 0 bridgehead atoms. The van der Waals surface area contributed by atoms with Gasteiger partial charge in [-0.05, 0) is 99.6 Å². The number of aromatic nitrogens is 2. The van der Waals surface area contributed by atoms with Crippen molar-refractivity contribution in [1.82, 2.24) is 9.55 Å². The average molecular weight is 780 g/mol. The molecule has 0 aliphatic rings. The van der Waals surface area contributed by atoms with Crippen molar-refractivity contribution in [1.29, 1.82) is 0 Å². The number of para-hydroxylation sites is 4. The number of nitrogens with zero attached hydrogens (tertiary/aromatic N) is 3. The minimum atomic E-state index is 0.616. The van der Waals surface area contributed by atoms with Crippen molar-refractivity contribution in [2.24, 2.45) is 0 Å². The van der Waals surface area contributed by atoms with Crippen LogP contribution in [0.3, 0.4) is 0 Å². The average Bonchev–Trinajstić information content (AvgIpc) is 3.93. The molecule has 0 spiro atoms. The Labute approximate surface area is 352 Å². The first-order chi connectivity index (χ1) is 30.3. The van der Waals surface area contributed by atoms with Gasteiger partial charge >= 0.3 is 0 Å². The highest BCUT2D eigenvalue weighted by Crippen LogP contribution is 2.47. The van der Waals surface area contributed by atoms with Crippen molar-refractivity contribution in [3.05, 3.63) is 224 Å². The molecule has 0 amide bonds. The molecule has 4 nitrogen and oxygen atoms in total. The summed E-state index contributed by atoms with van der Waals surface area (Å²) in [4.78, 5) is 7.44. The van der Waals surface area contributed by atoms with Crippen LogP contribution in [0, 0.1) is 0 Å². The van der Waals surface area contributed by atoms with Crippen LogP contribution in [-0.4, -0.2) is 9.55 Å². The maximum Gasteiger partial charge on any atom is 0.227 e. The zero-order valence-electron chi connectivity index (χ0n) is 33.1. The van der Waals surface area contributed by atoms with E-state index < -0.39 is 0 Å². The third kappa shape index (κ3) is 5.80. The molecule has 0 atom stereocenters. The van der Waals surface area contributed by atoms with Crippen LogP contribution in [0.1, 0.15) is 0 Å². The summed E-state index contributed by atoms with van der Waals surface area (Å²) in [5.74, 6) is 0.616. The molecule has 12 rings (SSSR count). The summed E-state index contributed by atoms with van der Waals surface area (Å²) in [6, 6.07) is 80.1. The van der Waals surface area contributed by atoms with Gasteiger partial charge in [0.05, 0.1) is 22.4 Å². The number of rotatable bonds is 7. The fourth-order valence-corrected chi connectivity index (χ4v) is 9.20. The highest BCUT2D eigenvalue weighted by molar-refractivity contribution is 6.19. The molecule has 0 radical (unpaired) electrons. The fourth-order valence-electron chi connectivity index (χ4n) is 9.20. The van der Waals surface area contributed by atoms with E-state index in [2.05, 4.69) is 204 Å². The van der Waals surface area contributed by atoms with Gasteiger partial charge in [0.25, 0.3) is 0 Å². The number of hydrogen-bond donors (Lipinski definition) is 0. The van der Waals surface area contributed by atoms with E-state index in [1.54, 1.807) is 0 Å². The van der Waals surface area contributed by atoms with Crippen molar-refractivity contribution >= 4 is 71.5 Å². The Morgan fingerprint density at radius 2 is 1.05 bits per heavy atom. The van der Waals surface area contributed by atoms with Gasteiger partial charge in [0.15, 0.2) is 5.58 Å². The van der Waals surface area contributed by atoms with Crippen molar-refractivity contribution in [2.75, 3.05) is 4.90 Å². The van der Waals surface area contributed by atoms with Crippen molar-refractivity contribution in [3.8, 4) is 39.4 Å². The Kier molecular flexibility index (Phi) is 8.13. The standard InChI is InChI=1S/C57H37N3O/c1-4-16-38(17-5-1)42-20-14-21-43(36-42)46-24-10-12-27-51(46)59(53-29-15-26-48-47-25-11-13-28-52(47)60(55(48)53)44-22-8-3-9-23-44)45-34-32-39-30-31-40-33-35-50-56(54(40)49(39)37-45)61-57(58-50)41-18-6-2-7-19-41/h1-37H. The summed E-state index contributed by atoms with van der Waals surface area (Å²) >= 11 is 0. The molecule has 2 heterocycles. The molecule has 286 valence electrons. The van der Waals surface area contributed by atoms with Crippen LogP contribution in [0.15, 0.2) is 229 Å². The van der Waals surface area contributed by atoms with Gasteiger partial charge in [-0.3, -0.25) is 0 Å². The van der Waals surface area contributed by atoms with E-state index >= 15 is 0 Å². The zero-order valence-corrected chi connectivity index (χ0v) is 33.1. The first kappa shape index (κ1) is 34.8. The van der Waals surface area contributed by atoms with Gasteiger partial charge in [-0.15, -0.1) is 0 Å². The van der Waals surface area contributed by atoms with E-state index in [1.807, 2.05) is 30.3 Å². The molecule has 2 aromatic heterocycles. The number of anilines is 3. The Morgan fingerprint density at radius 3 is 1.90 bits per heavy atom. The van der Waals surface area contributed by atoms with Crippen LogP contribution < -0.4 is 4.90 Å². The predicted molar refractivity (Wildman–Crippen MR) is 254 cm³/mol. The maximum atomic E-state index is 6.70. The number of benzene rings is 10. The van der Waals surface area contributed by atoms with Crippen LogP contribution >= 0.6 is 0 Å². The summed E-state index contributed by atoms with van der Waals surface area (Å²) in [6.45, 7) is 0. The molecule has 0 N–H and O–H groups in total. The monoisotopic (exact) mass is 779 g/mol. The van der Waals surface area contributed by atoms with E-state index in [0.29, 0.717) is 5.89 Å². The number of fused-ring (bicyclic) bond motifs is 8. The van der Waals surface area contributed by atoms with Crippen molar-refractivity contribution in [2.45, 2.75) is 0 Å². The highest BCUT2D eigenvalue weighted by atomic mass is 16.3. The molecular weight excluding hydrogens is 743 g/mol. The normalized spacial score (nSPS) is 11.6. The second kappa shape index (κ2) is 14.3. The van der Waals surface area contributed by atoms with Gasteiger partial charge in [-0.25, -0.2) is 4.98 Å². The topological polar surface area (TPSA) is 34.2 Å². The molecule has 12 aromatic rings. The van der Waals surface area contributed by atoms with E-state index in [-0.39, 0.29) is 0 Å². The summed E-state index contributed by atoms with van der Waals surface area (Å²) in [7, 11) is 0. The molecule has 10 aromatic carbocycles. The Hall–Kier alpha value is -8.21. The highest BCUT2D eigenvalue weighted by Gasteiger charge is 2.24. The quantitative estimate of drug-likeness (QED) is 0.151. The second-order valence-corrected chi connectivity index (χ2v) is 15.5. The van der Waals surface area contributed by atoms with E-state index in [4.69, 9.17) is 9.40 Å². The fraction of sp³-hybridized carbons (Fsp3) is 0. The van der Waals surface area contributed by atoms with Gasteiger partial charge in [0, 0.05) is 38.7 Å². The molecule has 0 aliphatic heterocycles. The Morgan fingerprint density at radius 1 is 0.426 bits per heavy atom. The third-order valence-electron chi connectivity index (χ3n) is 12.0. The Balaban J connectivity index is 1.16. The smallest absolute Gasteiger partial charge is 0.227 e. The van der Waals surface area contributed by atoms with E-state index in [1.165, 1.54) is 21.9 Å². The summed E-state index contributed by atoms with van der Waals surface area (Å²) in [5.41, 5.74) is 13.8. The first-order valence-corrected chi connectivity index (χ1v) is 20.7. The van der Waals surface area contributed by atoms with Gasteiger partial charge in [-0.1, -0.05) is 158 Å². The maximum absolute atomic E-state index is 6.70. The van der Waals surface area contributed by atoms with Crippen LogP contribution in [0.5, 0.6) is 0 Å². The SMILES string of the molecule is c1ccc(-c2cccc(-c3ccccc3N(c3ccc4ccc5ccc6nc(-c7ccccc7)oc6c5c4c3)c3cccc4c5ccccc5n(-c5ccccc5)c34)c2)cc1. The number of oxazole rings is 1. The van der Waals surface area contributed by atoms with E-state index in [9.17, 15) is 0 Å². The van der Waals surface area contributed by atoms with Crippen molar-refractivity contribution in [3.63, 3.8) is 0 Å². The zero-order chi connectivity index (χ0) is 40.3. The second-order valence-electron chi connectivity index (χ2n) is 15.5. The predicted octanol–water partition coefficient (Wildman–Crippen LogP) is 15.7. The lowest BCUT2D eigenvalue weighted by Gasteiger charge is -2.29. The summed E-state index contributed by atoms with van der Waals surface area (Å²) in [6.07, 6.45) is 0. The van der Waals surface area contributed by atoms with Gasteiger partial charge in [0.1, 0.15) is 5.52 Å². The summed E-state index contributed by atoms with van der Waals surface area (Å²) in [5, 5.41) is 6.77. The molecule has 0 saturated carbocycles. The first-order valence-electron chi connectivity index (χ1n) is 20.7. The molecule has 61 heavy (non-hydrogen) atoms. The molecule has 0 fully saturated rings.